The van der Waals surface area contributed by atoms with Crippen LogP contribution in [0.15, 0.2) is 78.9 Å². The Hall–Kier alpha value is -5.23. The topological polar surface area (TPSA) is 159 Å². The van der Waals surface area contributed by atoms with E-state index >= 15 is 4.39 Å². The summed E-state index contributed by atoms with van der Waals surface area (Å²) in [4.78, 5) is 24.6. The van der Waals surface area contributed by atoms with Crippen LogP contribution in [0.4, 0.5) is 4.39 Å². The Morgan fingerprint density at radius 1 is 1.02 bits per heavy atom. The van der Waals surface area contributed by atoms with Crippen LogP contribution < -0.4 is 5.32 Å². The molecule has 4 N–H and O–H groups in total. The molecular formula is C30H28FN7O4. The first-order valence-corrected chi connectivity index (χ1v) is 13.3. The molecular weight excluding hydrogens is 541 g/mol. The number of tetrazole rings is 1. The lowest BCUT2D eigenvalue weighted by atomic mass is 9.98. The van der Waals surface area contributed by atoms with Gasteiger partial charge in [0.1, 0.15) is 11.5 Å². The van der Waals surface area contributed by atoms with Gasteiger partial charge in [-0.2, -0.15) is 10.3 Å². The van der Waals surface area contributed by atoms with Gasteiger partial charge in [0.2, 0.25) is 5.82 Å². The average molecular weight is 570 g/mol. The van der Waals surface area contributed by atoms with Gasteiger partial charge in [0.05, 0.1) is 12.6 Å². The van der Waals surface area contributed by atoms with Crippen LogP contribution in [-0.4, -0.2) is 64.6 Å². The molecule has 3 aromatic carbocycles. The predicted molar refractivity (Wildman–Crippen MR) is 151 cm³/mol. The number of hydrogen-bond donors (Lipinski definition) is 4. The molecule has 0 saturated carbocycles. The molecule has 5 rings (SSSR count). The van der Waals surface area contributed by atoms with Crippen LogP contribution in [0.2, 0.25) is 0 Å². The summed E-state index contributed by atoms with van der Waals surface area (Å²) in [6.45, 7) is 1.95. The normalized spacial score (nSPS) is 12.5. The zero-order valence-electron chi connectivity index (χ0n) is 22.6. The third-order valence-electron chi connectivity index (χ3n) is 6.90. The van der Waals surface area contributed by atoms with Gasteiger partial charge in [0.25, 0.3) is 5.91 Å². The number of aromatic nitrogens is 6. The first-order valence-electron chi connectivity index (χ1n) is 13.3. The number of H-pyrrole nitrogens is 1. The van der Waals surface area contributed by atoms with Crippen molar-refractivity contribution in [1.82, 2.24) is 35.7 Å². The smallest absolute Gasteiger partial charge is 0.334 e. The number of nitrogens with one attached hydrogen (secondary N) is 2. The molecule has 2 atom stereocenters. The van der Waals surface area contributed by atoms with Crippen molar-refractivity contribution < 1.29 is 24.2 Å². The Morgan fingerprint density at radius 2 is 1.76 bits per heavy atom. The maximum absolute atomic E-state index is 15.4. The maximum atomic E-state index is 15.4. The number of aryl methyl sites for hydroxylation is 1. The summed E-state index contributed by atoms with van der Waals surface area (Å²) < 4.78 is 16.9. The van der Waals surface area contributed by atoms with E-state index < -0.39 is 29.8 Å². The number of aromatic amines is 1. The molecule has 0 spiro atoms. The van der Waals surface area contributed by atoms with Gasteiger partial charge < -0.3 is 15.5 Å². The Bertz CT molecular complexity index is 1690. The quantitative estimate of drug-likeness (QED) is 0.189. The lowest BCUT2D eigenvalue weighted by Gasteiger charge is -2.21. The van der Waals surface area contributed by atoms with Crippen molar-refractivity contribution in [1.29, 1.82) is 0 Å². The summed E-state index contributed by atoms with van der Waals surface area (Å²) in [5.74, 6) is -2.15. The Balaban J connectivity index is 1.36. The zero-order chi connectivity index (χ0) is 29.6. The molecule has 214 valence electrons. The third kappa shape index (κ3) is 6.23. The number of aliphatic carboxylic acids is 1. The summed E-state index contributed by atoms with van der Waals surface area (Å²) >= 11 is 0. The molecule has 42 heavy (non-hydrogen) atoms. The second kappa shape index (κ2) is 12.5. The Kier molecular flexibility index (Phi) is 8.44. The molecule has 11 nitrogen and oxygen atoms in total. The molecule has 1 amide bonds. The highest BCUT2D eigenvalue weighted by Crippen LogP contribution is 2.31. The van der Waals surface area contributed by atoms with Crippen molar-refractivity contribution in [3.8, 4) is 22.5 Å². The molecule has 0 aliphatic heterocycles. The highest BCUT2D eigenvalue weighted by molar-refractivity contribution is 5.93. The summed E-state index contributed by atoms with van der Waals surface area (Å²) in [6.07, 6.45) is -1.20. The molecule has 0 aliphatic carbocycles. The number of carboxylic acids is 1. The highest BCUT2D eigenvalue weighted by atomic mass is 19.1. The molecule has 0 bridgehead atoms. The first kappa shape index (κ1) is 28.3. The van der Waals surface area contributed by atoms with E-state index in [1.54, 1.807) is 47.1 Å². The van der Waals surface area contributed by atoms with E-state index in [1.807, 2.05) is 37.3 Å². The lowest BCUT2D eigenvalue weighted by Crippen LogP contribution is -2.48. The number of carbonyl (C=O) groups excluding carboxylic acids is 1. The van der Waals surface area contributed by atoms with Gasteiger partial charge in [0, 0.05) is 16.8 Å². The van der Waals surface area contributed by atoms with Crippen molar-refractivity contribution in [2.75, 3.05) is 0 Å². The number of benzene rings is 3. The monoisotopic (exact) mass is 569 g/mol. The fraction of sp³-hybridized carbons (Fsp3) is 0.200. The second-order valence-electron chi connectivity index (χ2n) is 9.67. The van der Waals surface area contributed by atoms with Gasteiger partial charge in [0.15, 0.2) is 6.10 Å². The fourth-order valence-corrected chi connectivity index (χ4v) is 4.72. The number of amides is 1. The molecule has 2 heterocycles. The number of carboxylic acid groups (broad SMARTS) is 1. The van der Waals surface area contributed by atoms with Crippen molar-refractivity contribution in [3.63, 3.8) is 0 Å². The van der Waals surface area contributed by atoms with Crippen LogP contribution in [0, 0.1) is 5.82 Å². The lowest BCUT2D eigenvalue weighted by molar-refractivity contribution is -0.148. The molecule has 0 radical (unpaired) electrons. The van der Waals surface area contributed by atoms with Crippen LogP contribution in [0.3, 0.4) is 0 Å². The number of nitrogens with zero attached hydrogens (tertiary/aromatic N) is 5. The van der Waals surface area contributed by atoms with Gasteiger partial charge >= 0.3 is 5.97 Å². The van der Waals surface area contributed by atoms with Gasteiger partial charge in [-0.05, 0) is 46.9 Å². The van der Waals surface area contributed by atoms with Crippen LogP contribution in [0.25, 0.3) is 22.5 Å². The molecule has 2 aromatic heterocycles. The number of carbonyl (C=O) groups is 2. The van der Waals surface area contributed by atoms with Gasteiger partial charge in [-0.3, -0.25) is 9.48 Å². The standard InChI is InChI=1S/C30H28FN7O4/c1-2-21-16-26(29(40)32-25(27(39)30(41)42)14-18-8-4-3-5-9-18)35-38(21)17-20-13-12-19(15-24(20)31)22-10-6-7-11-23(22)28-33-36-37-34-28/h3-13,15-16,25,27,39H,2,14,17H2,1H3,(H,32,40)(H,41,42)(H,33,34,36,37)/t25-,27-/m1/s1. The summed E-state index contributed by atoms with van der Waals surface area (Å²) in [7, 11) is 0. The van der Waals surface area contributed by atoms with E-state index in [1.165, 1.54) is 6.07 Å². The number of rotatable bonds is 11. The van der Waals surface area contributed by atoms with E-state index in [4.69, 9.17) is 0 Å². The number of hydrogen-bond acceptors (Lipinski definition) is 7. The molecule has 5 aromatic rings. The van der Waals surface area contributed by atoms with Crippen molar-refractivity contribution in [2.45, 2.75) is 38.5 Å². The minimum absolute atomic E-state index is 0.0357. The highest BCUT2D eigenvalue weighted by Gasteiger charge is 2.29. The second-order valence-corrected chi connectivity index (χ2v) is 9.67. The number of aliphatic hydroxyl groups is 1. The van der Waals surface area contributed by atoms with Crippen LogP contribution in [0.5, 0.6) is 0 Å². The Morgan fingerprint density at radius 3 is 2.43 bits per heavy atom. The van der Waals surface area contributed by atoms with Gasteiger partial charge in [-0.1, -0.05) is 73.7 Å². The van der Waals surface area contributed by atoms with Crippen LogP contribution >= 0.6 is 0 Å². The van der Waals surface area contributed by atoms with Crippen molar-refractivity contribution in [3.05, 3.63) is 107 Å². The molecule has 0 fully saturated rings. The molecule has 12 heteroatoms. The first-order chi connectivity index (χ1) is 20.3. The number of aliphatic hydroxyl groups excluding tert-OH is 1. The van der Waals surface area contributed by atoms with Crippen LogP contribution in [0.1, 0.15) is 34.2 Å². The largest absolute Gasteiger partial charge is 0.479 e. The minimum Gasteiger partial charge on any atom is -0.479 e. The predicted octanol–water partition coefficient (Wildman–Crippen LogP) is 3.27. The third-order valence-corrected chi connectivity index (χ3v) is 6.90. The molecule has 0 aliphatic rings. The van der Waals surface area contributed by atoms with E-state index in [2.05, 4.69) is 31.0 Å². The zero-order valence-corrected chi connectivity index (χ0v) is 22.6. The van der Waals surface area contributed by atoms with Crippen molar-refractivity contribution in [2.24, 2.45) is 0 Å². The summed E-state index contributed by atoms with van der Waals surface area (Å²) in [5, 5.41) is 40.7. The average Bonchev–Trinajstić information content (AvgIpc) is 3.68. The van der Waals surface area contributed by atoms with E-state index in [9.17, 15) is 19.8 Å². The van der Waals surface area contributed by atoms with E-state index in [0.29, 0.717) is 34.6 Å². The van der Waals surface area contributed by atoms with E-state index in [0.717, 1.165) is 11.1 Å². The van der Waals surface area contributed by atoms with Gasteiger partial charge in [-0.15, -0.1) is 10.2 Å². The summed E-state index contributed by atoms with van der Waals surface area (Å²) in [6, 6.07) is 21.7. The Labute approximate surface area is 240 Å². The minimum atomic E-state index is -1.82. The van der Waals surface area contributed by atoms with Crippen LogP contribution in [-0.2, 0) is 24.2 Å². The van der Waals surface area contributed by atoms with E-state index in [-0.39, 0.29) is 18.7 Å². The fourth-order valence-electron chi connectivity index (χ4n) is 4.72. The number of halogens is 1. The summed E-state index contributed by atoms with van der Waals surface area (Å²) in [5.41, 5.74) is 3.91. The SMILES string of the molecule is CCc1cc(C(=O)N[C@H](Cc2ccccc2)[C@@H](O)C(=O)O)nn1Cc1ccc(-c2ccccc2-c2nn[nH]n2)cc1F. The van der Waals surface area contributed by atoms with Crippen molar-refractivity contribution >= 4 is 11.9 Å². The molecule has 0 saturated heterocycles. The van der Waals surface area contributed by atoms with Gasteiger partial charge in [-0.25, -0.2) is 9.18 Å². The molecule has 0 unspecified atom stereocenters. The maximum Gasteiger partial charge on any atom is 0.334 e.